The highest BCUT2D eigenvalue weighted by Crippen LogP contribution is 2.52. The fourth-order valence-electron chi connectivity index (χ4n) is 10.8. The van der Waals surface area contributed by atoms with Crippen LogP contribution < -0.4 is 35.2 Å². The number of aryl methyl sites for hydroxylation is 3. The van der Waals surface area contributed by atoms with Gasteiger partial charge in [0, 0.05) is 94.0 Å². The Hall–Kier alpha value is -3.30. The highest BCUT2D eigenvalue weighted by molar-refractivity contribution is 8.00. The number of carboxylic acids is 1. The summed E-state index contributed by atoms with van der Waals surface area (Å²) in [6, 6.07) is 8.70. The van der Waals surface area contributed by atoms with Crippen LogP contribution in [0.15, 0.2) is 29.2 Å². The molecular formula is C53H61Cl4N3O8S. The molecule has 5 aliphatic rings. The SMILES string of the molecule is O=C(CSc1c(Cl)c(Cl)c(C(=O)[O-])c(C2=c3cc4c5c(c3Oc3c2ccc2c6c7c(cc32)CCCN7CCC6)CCC[N+]=5CCCC4)c1Cl)NCCOCCOCCOCCOCCCCCCCl. The number of carboxylic acid groups (broad SMARTS) is 1. The number of nitrogens with zero attached hydrogens (tertiary/aromatic N) is 2. The second-order valence-corrected chi connectivity index (χ2v) is 20.9. The van der Waals surface area contributed by atoms with E-state index in [9.17, 15) is 14.7 Å². The number of carbonyl (C=O) groups is 2. The largest absolute Gasteiger partial charge is 0.545 e. The molecular weight excluding hydrogens is 980 g/mol. The smallest absolute Gasteiger partial charge is 0.230 e. The molecule has 0 unspecified atom stereocenters. The molecule has 11 nitrogen and oxygen atoms in total. The van der Waals surface area contributed by atoms with E-state index in [1.807, 2.05) is 0 Å². The number of fused-ring (bicyclic) bond motifs is 6. The van der Waals surface area contributed by atoms with Crippen LogP contribution >= 0.6 is 58.2 Å². The number of nitrogens with one attached hydrogen (secondary N) is 1. The standard InChI is InChI=1S/C53H61Cl4N3O8S/c54-16-4-1-2-6-22-64-24-26-66-28-29-67-27-25-65-23-17-58-41(61)32-69-52-46(56)43(44(53(62)63)45(55)47(52)57)42-37-15-14-35-36-12-8-20-60-19-7-11-34(48(36)60)30-39(35)50(37)68-51-38-13-9-21-59-18-5-3-10-33(49(38)59)31-40(42)51/h14-15,30-31H,1-13,16-29,32H2,(H-,58,61,62,63). The molecule has 0 aromatic heterocycles. The van der Waals surface area contributed by atoms with Crippen molar-refractivity contribution in [1.82, 2.24) is 9.89 Å². The molecule has 16 heteroatoms. The molecule has 9 rings (SSSR count). The van der Waals surface area contributed by atoms with Crippen LogP contribution in [-0.4, -0.2) is 109 Å². The lowest BCUT2D eigenvalue weighted by Gasteiger charge is -2.38. The number of aromatic carboxylic acids is 1. The van der Waals surface area contributed by atoms with E-state index in [-0.39, 0.29) is 51.0 Å². The van der Waals surface area contributed by atoms with Crippen molar-refractivity contribution in [2.24, 2.45) is 0 Å². The number of unbranched alkanes of at least 4 members (excludes halogenated alkanes) is 3. The Bertz CT molecular complexity index is 2720. The van der Waals surface area contributed by atoms with E-state index in [1.54, 1.807) is 0 Å². The van der Waals surface area contributed by atoms with Crippen LogP contribution in [-0.2, 0) is 49.4 Å². The summed E-state index contributed by atoms with van der Waals surface area (Å²) in [5.41, 5.74) is 7.60. The number of alkyl halides is 1. The van der Waals surface area contributed by atoms with E-state index >= 15 is 0 Å². The summed E-state index contributed by atoms with van der Waals surface area (Å²) in [5, 5.41) is 20.3. The van der Waals surface area contributed by atoms with Crippen LogP contribution in [0.2, 0.25) is 15.1 Å². The summed E-state index contributed by atoms with van der Waals surface area (Å²) in [6.07, 6.45) is 13.3. The monoisotopic (exact) mass is 1040 g/mol. The van der Waals surface area contributed by atoms with E-state index in [0.29, 0.717) is 61.7 Å². The van der Waals surface area contributed by atoms with Crippen molar-refractivity contribution < 1.29 is 38.4 Å². The summed E-state index contributed by atoms with van der Waals surface area (Å²) < 4.78 is 32.2. The van der Waals surface area contributed by atoms with Crippen molar-refractivity contribution in [1.29, 1.82) is 0 Å². The number of amides is 1. The van der Waals surface area contributed by atoms with Crippen molar-refractivity contribution in [3.63, 3.8) is 0 Å². The number of hydrogen-bond donors (Lipinski definition) is 1. The molecule has 4 aromatic carbocycles. The lowest BCUT2D eigenvalue weighted by Crippen LogP contribution is -2.41. The fourth-order valence-corrected chi connectivity index (χ4v) is 13.0. The number of rotatable bonds is 23. The van der Waals surface area contributed by atoms with Gasteiger partial charge in [0.2, 0.25) is 11.3 Å². The van der Waals surface area contributed by atoms with Gasteiger partial charge < -0.3 is 43.8 Å². The van der Waals surface area contributed by atoms with Crippen LogP contribution in [0.25, 0.3) is 16.3 Å². The van der Waals surface area contributed by atoms with Gasteiger partial charge in [0.15, 0.2) is 0 Å². The summed E-state index contributed by atoms with van der Waals surface area (Å²) in [5.74, 6) is 0.279. The topological polar surface area (TPSA) is 122 Å². The molecule has 0 spiro atoms. The van der Waals surface area contributed by atoms with Crippen LogP contribution in [0.4, 0.5) is 5.69 Å². The predicted octanol–water partition coefficient (Wildman–Crippen LogP) is 8.06. The maximum atomic E-state index is 13.4. The molecule has 0 fully saturated rings. The van der Waals surface area contributed by atoms with E-state index < -0.39 is 5.97 Å². The molecule has 5 aliphatic heterocycles. The zero-order valence-corrected chi connectivity index (χ0v) is 43.0. The first kappa shape index (κ1) is 50.6. The molecule has 1 N–H and O–H groups in total. The van der Waals surface area contributed by atoms with Crippen molar-refractivity contribution in [3.05, 3.63) is 88.9 Å². The van der Waals surface area contributed by atoms with Gasteiger partial charge in [0.05, 0.1) is 78.6 Å². The Kier molecular flexibility index (Phi) is 17.6. The molecule has 5 heterocycles. The van der Waals surface area contributed by atoms with Gasteiger partial charge in [-0.15, -0.1) is 23.4 Å². The zero-order chi connectivity index (χ0) is 47.9. The normalized spacial score (nSPS) is 15.9. The van der Waals surface area contributed by atoms with Crippen LogP contribution in [0.5, 0.6) is 11.5 Å². The molecule has 0 bridgehead atoms. The molecule has 0 atom stereocenters. The third kappa shape index (κ3) is 11.1. The second kappa shape index (κ2) is 23.9. The number of hydrogen-bond acceptors (Lipinski definition) is 10. The Morgan fingerprint density at radius 3 is 2.19 bits per heavy atom. The minimum atomic E-state index is -1.50. The fraction of sp³-hybridized carbons (Fsp3) is 0.528. The average Bonchev–Trinajstić information content (AvgIpc) is 3.57. The average molecular weight is 1040 g/mol. The van der Waals surface area contributed by atoms with Crippen LogP contribution in [0, 0.1) is 0 Å². The number of ether oxygens (including phenoxy) is 5. The van der Waals surface area contributed by atoms with Gasteiger partial charge in [-0.25, -0.2) is 4.58 Å². The van der Waals surface area contributed by atoms with Crippen molar-refractivity contribution in [2.45, 2.75) is 88.4 Å². The Balaban J connectivity index is 0.939. The first-order valence-corrected chi connectivity index (χ1v) is 27.5. The molecule has 69 heavy (non-hydrogen) atoms. The molecule has 0 radical (unpaired) electrons. The van der Waals surface area contributed by atoms with Crippen LogP contribution in [0.1, 0.15) is 102 Å². The number of benzene rings is 4. The summed E-state index contributed by atoms with van der Waals surface area (Å²) in [6.45, 7) is 8.15. The van der Waals surface area contributed by atoms with Crippen molar-refractivity contribution in [2.75, 3.05) is 102 Å². The predicted molar refractivity (Wildman–Crippen MR) is 274 cm³/mol. The Morgan fingerprint density at radius 1 is 0.725 bits per heavy atom. The summed E-state index contributed by atoms with van der Waals surface area (Å²) in [7, 11) is 0. The molecule has 0 saturated heterocycles. The third-order valence-electron chi connectivity index (χ3n) is 13.9. The number of anilines is 1. The van der Waals surface area contributed by atoms with Gasteiger partial charge in [-0.3, -0.25) is 4.79 Å². The van der Waals surface area contributed by atoms with E-state index in [4.69, 9.17) is 70.1 Å². The van der Waals surface area contributed by atoms with Gasteiger partial charge >= 0.3 is 0 Å². The van der Waals surface area contributed by atoms with Gasteiger partial charge in [-0.05, 0) is 92.5 Å². The highest BCUT2D eigenvalue weighted by Gasteiger charge is 2.36. The zero-order valence-electron chi connectivity index (χ0n) is 39.2. The van der Waals surface area contributed by atoms with Crippen molar-refractivity contribution in [3.8, 4) is 11.5 Å². The second-order valence-electron chi connectivity index (χ2n) is 18.4. The molecule has 4 aromatic rings. The van der Waals surface area contributed by atoms with Crippen LogP contribution in [0.3, 0.4) is 0 Å². The summed E-state index contributed by atoms with van der Waals surface area (Å²) >= 11 is 28.3. The highest BCUT2D eigenvalue weighted by atomic mass is 35.5. The minimum absolute atomic E-state index is 0.0523. The number of carbonyl (C=O) groups excluding carboxylic acids is 2. The van der Waals surface area contributed by atoms with Gasteiger partial charge in [0.25, 0.3) is 0 Å². The Labute approximate surface area is 428 Å². The summed E-state index contributed by atoms with van der Waals surface area (Å²) in [4.78, 5) is 29.5. The van der Waals surface area contributed by atoms with Gasteiger partial charge in [0.1, 0.15) is 24.6 Å². The lowest BCUT2D eigenvalue weighted by molar-refractivity contribution is -0.255. The van der Waals surface area contributed by atoms with E-state index in [1.165, 1.54) is 27.7 Å². The van der Waals surface area contributed by atoms with Crippen molar-refractivity contribution >= 4 is 92.1 Å². The Morgan fingerprint density at radius 2 is 1.42 bits per heavy atom. The third-order valence-corrected chi connectivity index (χ3v) is 16.7. The van der Waals surface area contributed by atoms with Gasteiger partial charge in [-0.1, -0.05) is 53.7 Å². The number of halogens is 4. The minimum Gasteiger partial charge on any atom is -0.545 e. The molecule has 1 amide bonds. The number of thioether (sulfide) groups is 1. The molecule has 0 saturated carbocycles. The molecule has 0 aliphatic carbocycles. The van der Waals surface area contributed by atoms with E-state index in [0.717, 1.165) is 161 Å². The maximum Gasteiger partial charge on any atom is 0.230 e. The quantitative estimate of drug-likeness (QED) is 0.0226. The lowest BCUT2D eigenvalue weighted by atomic mass is 9.83. The van der Waals surface area contributed by atoms with Gasteiger partial charge in [-0.2, -0.15) is 0 Å². The first-order valence-electron chi connectivity index (χ1n) is 24.8. The maximum absolute atomic E-state index is 13.4. The molecule has 370 valence electrons. The first-order chi connectivity index (χ1) is 33.8. The van der Waals surface area contributed by atoms with E-state index in [2.05, 4.69) is 39.1 Å².